The van der Waals surface area contributed by atoms with Gasteiger partial charge in [-0.25, -0.2) is 9.97 Å². The molecular weight excluding hydrogens is 328 g/mol. The van der Waals surface area contributed by atoms with Crippen molar-refractivity contribution in [3.8, 4) is 0 Å². The van der Waals surface area contributed by atoms with Gasteiger partial charge in [0.05, 0.1) is 0 Å². The number of rotatable bonds is 5. The van der Waals surface area contributed by atoms with Crippen LogP contribution in [0.2, 0.25) is 0 Å². The van der Waals surface area contributed by atoms with Crippen molar-refractivity contribution in [3.63, 3.8) is 0 Å². The minimum atomic E-state index is -0.810. The van der Waals surface area contributed by atoms with Crippen LogP contribution in [0.4, 0.5) is 0 Å². The van der Waals surface area contributed by atoms with Crippen molar-refractivity contribution < 1.29 is 9.90 Å². The Morgan fingerprint density at radius 1 is 1.27 bits per heavy atom. The molecule has 26 heavy (non-hydrogen) atoms. The summed E-state index contributed by atoms with van der Waals surface area (Å²) in [5, 5.41) is 9.03. The van der Waals surface area contributed by atoms with Gasteiger partial charge in [0, 0.05) is 61.3 Å². The summed E-state index contributed by atoms with van der Waals surface area (Å²) in [7, 11) is 0. The van der Waals surface area contributed by atoms with E-state index in [0.717, 1.165) is 37.6 Å². The molecule has 2 aromatic heterocycles. The number of hydrogen-bond donors (Lipinski definition) is 1. The van der Waals surface area contributed by atoms with Gasteiger partial charge in [0.2, 0.25) is 0 Å². The third-order valence-electron chi connectivity index (χ3n) is 5.62. The second-order valence-corrected chi connectivity index (χ2v) is 7.52. The van der Waals surface area contributed by atoms with Crippen molar-refractivity contribution >= 4 is 5.97 Å². The molecule has 0 bridgehead atoms. The first-order chi connectivity index (χ1) is 12.7. The molecule has 0 atom stereocenters. The highest BCUT2D eigenvalue weighted by molar-refractivity contribution is 5.66. The first-order valence-corrected chi connectivity index (χ1v) is 9.62. The van der Waals surface area contributed by atoms with E-state index in [9.17, 15) is 4.79 Å². The summed E-state index contributed by atoms with van der Waals surface area (Å²) < 4.78 is 1.81. The van der Waals surface area contributed by atoms with E-state index in [1.54, 1.807) is 4.57 Å². The van der Waals surface area contributed by atoms with Crippen molar-refractivity contribution in [2.75, 3.05) is 6.54 Å². The second-order valence-electron chi connectivity index (χ2n) is 7.52. The lowest BCUT2D eigenvalue weighted by molar-refractivity contribution is -0.137. The lowest BCUT2D eigenvalue weighted by atomic mass is 9.88. The molecule has 3 heterocycles. The first kappa shape index (κ1) is 17.2. The Balaban J connectivity index is 1.43. The monoisotopic (exact) mass is 354 g/mol. The molecule has 0 unspecified atom stereocenters. The van der Waals surface area contributed by atoms with Crippen LogP contribution in [0.15, 0.2) is 24.5 Å². The standard InChI is InChI=1S/C20H26N4O2/c25-19(26)14-24-9-4-7-17(24)13-23-10-8-18-16(12-23)11-21-20(22-18)15-5-2-1-3-6-15/h4,7,9,11,15H,1-3,5-6,8,10,12-14H2,(H,25,26). The van der Waals surface area contributed by atoms with Crippen LogP contribution < -0.4 is 0 Å². The van der Waals surface area contributed by atoms with Crippen LogP contribution >= 0.6 is 0 Å². The highest BCUT2D eigenvalue weighted by atomic mass is 16.4. The minimum absolute atomic E-state index is 0.0145. The van der Waals surface area contributed by atoms with Gasteiger partial charge in [-0.05, 0) is 25.0 Å². The van der Waals surface area contributed by atoms with Crippen LogP contribution in [0.25, 0.3) is 0 Å². The summed E-state index contributed by atoms with van der Waals surface area (Å²) in [6.07, 6.45) is 11.2. The predicted octanol–water partition coefficient (Wildman–Crippen LogP) is 2.97. The molecular formula is C20H26N4O2. The van der Waals surface area contributed by atoms with Gasteiger partial charge < -0.3 is 9.67 Å². The molecule has 0 spiro atoms. The molecule has 1 aliphatic carbocycles. The van der Waals surface area contributed by atoms with Gasteiger partial charge in [0.25, 0.3) is 0 Å². The maximum Gasteiger partial charge on any atom is 0.323 e. The lowest BCUT2D eigenvalue weighted by Gasteiger charge is -2.29. The van der Waals surface area contributed by atoms with Gasteiger partial charge in [-0.3, -0.25) is 9.69 Å². The zero-order chi connectivity index (χ0) is 17.9. The third kappa shape index (κ3) is 3.80. The van der Waals surface area contributed by atoms with Gasteiger partial charge in [-0.15, -0.1) is 0 Å². The average molecular weight is 354 g/mol. The molecule has 1 N–H and O–H groups in total. The average Bonchev–Trinajstić information content (AvgIpc) is 3.08. The highest BCUT2D eigenvalue weighted by Gasteiger charge is 2.23. The third-order valence-corrected chi connectivity index (χ3v) is 5.62. The summed E-state index contributed by atoms with van der Waals surface area (Å²) in [6, 6.07) is 3.91. The van der Waals surface area contributed by atoms with Gasteiger partial charge in [0.1, 0.15) is 12.4 Å². The normalized spacial score (nSPS) is 18.6. The number of carboxylic acids is 1. The van der Waals surface area contributed by atoms with E-state index in [1.807, 2.05) is 24.5 Å². The SMILES string of the molecule is O=C(O)Cn1cccc1CN1CCc2nc(C3CCCCC3)ncc2C1. The molecule has 1 aliphatic heterocycles. The Morgan fingerprint density at radius 2 is 2.12 bits per heavy atom. The smallest absolute Gasteiger partial charge is 0.323 e. The van der Waals surface area contributed by atoms with Crippen LogP contribution in [-0.2, 0) is 30.8 Å². The fourth-order valence-corrected chi connectivity index (χ4v) is 4.20. The largest absolute Gasteiger partial charge is 0.480 e. The maximum atomic E-state index is 11.0. The molecule has 4 rings (SSSR count). The summed E-state index contributed by atoms with van der Waals surface area (Å²) in [6.45, 7) is 2.55. The summed E-state index contributed by atoms with van der Waals surface area (Å²) in [4.78, 5) is 22.9. The molecule has 138 valence electrons. The van der Waals surface area contributed by atoms with Crippen LogP contribution in [0.1, 0.15) is 60.8 Å². The minimum Gasteiger partial charge on any atom is -0.480 e. The number of hydrogen-bond acceptors (Lipinski definition) is 4. The molecule has 2 aliphatic rings. The number of fused-ring (bicyclic) bond motifs is 1. The molecule has 0 saturated heterocycles. The first-order valence-electron chi connectivity index (χ1n) is 9.62. The topological polar surface area (TPSA) is 71.2 Å². The number of nitrogens with zero attached hydrogens (tertiary/aromatic N) is 4. The van der Waals surface area contributed by atoms with E-state index in [1.165, 1.54) is 43.4 Å². The Kier molecular flexibility index (Phi) is 5.02. The van der Waals surface area contributed by atoms with Crippen molar-refractivity contribution in [1.29, 1.82) is 0 Å². The van der Waals surface area contributed by atoms with Crippen molar-refractivity contribution in [2.24, 2.45) is 0 Å². The van der Waals surface area contributed by atoms with E-state index in [-0.39, 0.29) is 6.54 Å². The van der Waals surface area contributed by atoms with Crippen LogP contribution in [0, 0.1) is 0 Å². The number of carbonyl (C=O) groups is 1. The molecule has 0 amide bonds. The molecule has 2 aromatic rings. The summed E-state index contributed by atoms with van der Waals surface area (Å²) in [5.41, 5.74) is 3.46. The van der Waals surface area contributed by atoms with Crippen molar-refractivity contribution in [1.82, 2.24) is 19.4 Å². The predicted molar refractivity (Wildman–Crippen MR) is 97.7 cm³/mol. The number of aliphatic carboxylic acids is 1. The van der Waals surface area contributed by atoms with Gasteiger partial charge in [0.15, 0.2) is 0 Å². The Morgan fingerprint density at radius 3 is 2.92 bits per heavy atom. The molecule has 6 nitrogen and oxygen atoms in total. The second kappa shape index (κ2) is 7.58. The fraction of sp³-hybridized carbons (Fsp3) is 0.550. The zero-order valence-electron chi connectivity index (χ0n) is 15.1. The highest BCUT2D eigenvalue weighted by Crippen LogP contribution is 2.31. The van der Waals surface area contributed by atoms with Crippen LogP contribution in [0.3, 0.4) is 0 Å². The quantitative estimate of drug-likeness (QED) is 0.894. The Hall–Kier alpha value is -2.21. The van der Waals surface area contributed by atoms with Gasteiger partial charge in [-0.2, -0.15) is 0 Å². The van der Waals surface area contributed by atoms with E-state index in [4.69, 9.17) is 10.1 Å². The molecule has 1 fully saturated rings. The van der Waals surface area contributed by atoms with Gasteiger partial charge >= 0.3 is 5.97 Å². The fourth-order valence-electron chi connectivity index (χ4n) is 4.20. The van der Waals surface area contributed by atoms with Gasteiger partial charge in [-0.1, -0.05) is 19.3 Å². The number of aromatic nitrogens is 3. The lowest BCUT2D eigenvalue weighted by Crippen LogP contribution is -2.32. The van der Waals surface area contributed by atoms with E-state index in [2.05, 4.69) is 9.88 Å². The zero-order valence-corrected chi connectivity index (χ0v) is 15.1. The van der Waals surface area contributed by atoms with Crippen molar-refractivity contribution in [2.45, 2.75) is 64.1 Å². The molecule has 0 radical (unpaired) electrons. The Labute approximate surface area is 153 Å². The molecule has 6 heteroatoms. The Bertz CT molecular complexity index is 780. The molecule has 0 aromatic carbocycles. The summed E-state index contributed by atoms with van der Waals surface area (Å²) in [5.74, 6) is 0.786. The maximum absolute atomic E-state index is 11.0. The van der Waals surface area contributed by atoms with Crippen molar-refractivity contribution in [3.05, 3.63) is 47.3 Å². The van der Waals surface area contributed by atoms with Crippen LogP contribution in [0.5, 0.6) is 0 Å². The summed E-state index contributed by atoms with van der Waals surface area (Å²) >= 11 is 0. The van der Waals surface area contributed by atoms with E-state index in [0.29, 0.717) is 5.92 Å². The number of carboxylic acid groups (broad SMARTS) is 1. The molecule has 1 saturated carbocycles. The van der Waals surface area contributed by atoms with E-state index >= 15 is 0 Å². The van der Waals surface area contributed by atoms with E-state index < -0.39 is 5.97 Å². The van der Waals surface area contributed by atoms with Crippen LogP contribution in [-0.4, -0.2) is 37.1 Å².